The summed E-state index contributed by atoms with van der Waals surface area (Å²) < 4.78 is 11.2. The maximum atomic E-state index is 13.5. The Balaban J connectivity index is 1.30. The van der Waals surface area contributed by atoms with Crippen LogP contribution in [-0.2, 0) is 14.3 Å². The molecule has 1 spiro atoms. The highest BCUT2D eigenvalue weighted by molar-refractivity contribution is 5.90. The van der Waals surface area contributed by atoms with Gasteiger partial charge in [0.05, 0.1) is 24.4 Å². The van der Waals surface area contributed by atoms with Gasteiger partial charge in [0.15, 0.2) is 5.60 Å². The van der Waals surface area contributed by atoms with Crippen molar-refractivity contribution in [2.75, 3.05) is 25.1 Å². The van der Waals surface area contributed by atoms with E-state index in [1.807, 2.05) is 28.0 Å². The van der Waals surface area contributed by atoms with Crippen LogP contribution >= 0.6 is 0 Å². The van der Waals surface area contributed by atoms with Crippen molar-refractivity contribution in [3.8, 4) is 0 Å². The van der Waals surface area contributed by atoms with Gasteiger partial charge >= 0.3 is 5.97 Å². The molecule has 1 amide bonds. The normalized spacial score (nSPS) is 24.5. The van der Waals surface area contributed by atoms with E-state index in [1.165, 1.54) is 18.9 Å². The number of nitrogens with zero attached hydrogens (tertiary/aromatic N) is 4. The van der Waals surface area contributed by atoms with E-state index in [9.17, 15) is 9.59 Å². The van der Waals surface area contributed by atoms with Gasteiger partial charge < -0.3 is 19.3 Å². The van der Waals surface area contributed by atoms with Crippen LogP contribution in [-0.4, -0.2) is 58.8 Å². The summed E-state index contributed by atoms with van der Waals surface area (Å²) in [5.41, 5.74) is 1.36. The fourth-order valence-corrected chi connectivity index (χ4v) is 5.03. The van der Waals surface area contributed by atoms with Gasteiger partial charge in [0.2, 0.25) is 5.95 Å². The van der Waals surface area contributed by atoms with Crippen LogP contribution in [0.5, 0.6) is 0 Å². The summed E-state index contributed by atoms with van der Waals surface area (Å²) in [5, 5.41) is 0. The van der Waals surface area contributed by atoms with Gasteiger partial charge in [-0.2, -0.15) is 0 Å². The monoisotopic (exact) mass is 422 g/mol. The van der Waals surface area contributed by atoms with Crippen molar-refractivity contribution in [3.63, 3.8) is 0 Å². The van der Waals surface area contributed by atoms with Crippen LogP contribution in [0.15, 0.2) is 36.5 Å². The molecule has 2 aromatic rings. The van der Waals surface area contributed by atoms with Crippen LogP contribution in [0, 0.1) is 6.92 Å². The highest BCUT2D eigenvalue weighted by atomic mass is 16.6. The molecule has 0 N–H and O–H groups in total. The van der Waals surface area contributed by atoms with Gasteiger partial charge in [-0.25, -0.2) is 14.8 Å². The molecule has 1 aromatic heterocycles. The van der Waals surface area contributed by atoms with Crippen molar-refractivity contribution >= 4 is 17.8 Å². The second-order valence-corrected chi connectivity index (χ2v) is 8.43. The van der Waals surface area contributed by atoms with Gasteiger partial charge in [0.1, 0.15) is 6.23 Å². The van der Waals surface area contributed by atoms with E-state index in [2.05, 4.69) is 22.1 Å². The van der Waals surface area contributed by atoms with Gasteiger partial charge in [0.25, 0.3) is 5.91 Å². The van der Waals surface area contributed by atoms with E-state index in [4.69, 9.17) is 9.47 Å². The third kappa shape index (κ3) is 3.26. The SMILES string of the molecule is COC(=O)c1cnc(N2CCC3(CC2)O[C@@H]2CC[C@@H](c4ccccc4)N2C3=O)nc1C. The number of piperidine rings is 1. The average molecular weight is 422 g/mol. The Hall–Kier alpha value is -3.00. The lowest BCUT2D eigenvalue weighted by atomic mass is 9.89. The number of methoxy groups -OCH3 is 1. The predicted molar refractivity (Wildman–Crippen MR) is 112 cm³/mol. The summed E-state index contributed by atoms with van der Waals surface area (Å²) in [6.07, 6.45) is 4.37. The van der Waals surface area contributed by atoms with Crippen LogP contribution in [0.25, 0.3) is 0 Å². The molecule has 3 saturated heterocycles. The summed E-state index contributed by atoms with van der Waals surface area (Å²) in [6, 6.07) is 10.3. The summed E-state index contributed by atoms with van der Waals surface area (Å²) in [7, 11) is 1.34. The number of benzene rings is 1. The molecule has 3 aliphatic heterocycles. The molecular formula is C23H26N4O4. The third-order valence-electron chi connectivity index (χ3n) is 6.73. The summed E-state index contributed by atoms with van der Waals surface area (Å²) in [4.78, 5) is 38.1. The van der Waals surface area contributed by atoms with Gasteiger partial charge in [-0.1, -0.05) is 30.3 Å². The fraction of sp³-hybridized carbons (Fsp3) is 0.478. The minimum atomic E-state index is -0.754. The number of rotatable bonds is 3. The quantitative estimate of drug-likeness (QED) is 0.703. The number of amides is 1. The first-order valence-electron chi connectivity index (χ1n) is 10.7. The summed E-state index contributed by atoms with van der Waals surface area (Å²) in [6.45, 7) is 3.02. The summed E-state index contributed by atoms with van der Waals surface area (Å²) >= 11 is 0. The Bertz CT molecular complexity index is 1000. The first kappa shape index (κ1) is 19.9. The number of esters is 1. The molecule has 3 fully saturated rings. The Morgan fingerprint density at radius 1 is 1.19 bits per heavy atom. The molecule has 3 aliphatic rings. The Morgan fingerprint density at radius 2 is 1.94 bits per heavy atom. The second kappa shape index (κ2) is 7.60. The molecule has 31 heavy (non-hydrogen) atoms. The van der Waals surface area contributed by atoms with Crippen LogP contribution < -0.4 is 4.90 Å². The molecule has 1 aromatic carbocycles. The number of aromatic nitrogens is 2. The highest BCUT2D eigenvalue weighted by Gasteiger charge is 2.58. The van der Waals surface area contributed by atoms with E-state index in [0.717, 1.165) is 12.8 Å². The van der Waals surface area contributed by atoms with Gasteiger partial charge in [-0.05, 0) is 25.3 Å². The van der Waals surface area contributed by atoms with Crippen molar-refractivity contribution in [1.29, 1.82) is 0 Å². The van der Waals surface area contributed by atoms with Crippen molar-refractivity contribution in [2.45, 2.75) is 50.5 Å². The number of hydrogen-bond acceptors (Lipinski definition) is 7. The maximum absolute atomic E-state index is 13.5. The number of carbonyl (C=O) groups is 2. The highest BCUT2D eigenvalue weighted by Crippen LogP contribution is 2.47. The molecular weight excluding hydrogens is 396 g/mol. The third-order valence-corrected chi connectivity index (χ3v) is 6.73. The Labute approximate surface area is 181 Å². The molecule has 4 heterocycles. The minimum absolute atomic E-state index is 0.0907. The van der Waals surface area contributed by atoms with Gasteiger partial charge in [-0.3, -0.25) is 4.79 Å². The molecule has 5 rings (SSSR count). The number of carbonyl (C=O) groups excluding carboxylic acids is 2. The largest absolute Gasteiger partial charge is 0.465 e. The van der Waals surface area contributed by atoms with Crippen LogP contribution in [0.4, 0.5) is 5.95 Å². The smallest absolute Gasteiger partial charge is 0.341 e. The lowest BCUT2D eigenvalue weighted by Gasteiger charge is -2.37. The molecule has 0 unspecified atom stereocenters. The first-order valence-corrected chi connectivity index (χ1v) is 10.7. The molecule has 162 valence electrons. The molecule has 8 heteroatoms. The maximum Gasteiger partial charge on any atom is 0.341 e. The number of hydrogen-bond donors (Lipinski definition) is 0. The Morgan fingerprint density at radius 3 is 2.61 bits per heavy atom. The molecule has 8 nitrogen and oxygen atoms in total. The number of fused-ring (bicyclic) bond motifs is 1. The lowest BCUT2D eigenvalue weighted by molar-refractivity contribution is -0.140. The lowest BCUT2D eigenvalue weighted by Crippen LogP contribution is -2.50. The van der Waals surface area contributed by atoms with Gasteiger partial charge in [-0.15, -0.1) is 0 Å². The number of aryl methyl sites for hydroxylation is 1. The van der Waals surface area contributed by atoms with E-state index >= 15 is 0 Å². The zero-order chi connectivity index (χ0) is 21.6. The van der Waals surface area contributed by atoms with Crippen molar-refractivity contribution in [3.05, 3.63) is 53.3 Å². The fourth-order valence-electron chi connectivity index (χ4n) is 5.03. The van der Waals surface area contributed by atoms with E-state index < -0.39 is 11.6 Å². The molecule has 0 bridgehead atoms. The van der Waals surface area contributed by atoms with Crippen molar-refractivity contribution < 1.29 is 19.1 Å². The second-order valence-electron chi connectivity index (χ2n) is 8.43. The van der Waals surface area contributed by atoms with Crippen LogP contribution in [0.2, 0.25) is 0 Å². The topological polar surface area (TPSA) is 84.9 Å². The molecule has 0 radical (unpaired) electrons. The number of anilines is 1. The zero-order valence-corrected chi connectivity index (χ0v) is 17.8. The number of ether oxygens (including phenoxy) is 2. The molecule has 0 saturated carbocycles. The molecule has 2 atom stereocenters. The molecule has 0 aliphatic carbocycles. The first-order chi connectivity index (χ1) is 15.0. The van der Waals surface area contributed by atoms with Crippen molar-refractivity contribution in [2.24, 2.45) is 0 Å². The standard InChI is InChI=1S/C23H26N4O4/c1-15-17(20(28)30-2)14-24-22(25-15)26-12-10-23(11-13-26)21(29)27-18(8-9-19(27)31-23)16-6-4-3-5-7-16/h3-7,14,18-19H,8-13H2,1-2H3/t18-,19+/m0/s1. The van der Waals surface area contributed by atoms with Crippen molar-refractivity contribution in [1.82, 2.24) is 14.9 Å². The summed E-state index contributed by atoms with van der Waals surface area (Å²) in [5.74, 6) is 0.231. The van der Waals surface area contributed by atoms with E-state index in [-0.39, 0.29) is 18.2 Å². The minimum Gasteiger partial charge on any atom is -0.465 e. The predicted octanol–water partition coefficient (Wildman–Crippen LogP) is 2.63. The van der Waals surface area contributed by atoms with E-state index in [1.54, 1.807) is 6.92 Å². The zero-order valence-electron chi connectivity index (χ0n) is 17.8. The van der Waals surface area contributed by atoms with Crippen LogP contribution in [0.3, 0.4) is 0 Å². The average Bonchev–Trinajstić information content (AvgIpc) is 3.32. The van der Waals surface area contributed by atoms with Crippen LogP contribution in [0.1, 0.15) is 53.3 Å². The van der Waals surface area contributed by atoms with E-state index in [0.29, 0.717) is 43.1 Å². The Kier molecular flexibility index (Phi) is 4.89. The van der Waals surface area contributed by atoms with Gasteiger partial charge in [0, 0.05) is 32.1 Å².